The average molecular weight is 186 g/mol. The van der Waals surface area contributed by atoms with E-state index in [1.54, 1.807) is 0 Å². The van der Waals surface area contributed by atoms with Crippen molar-refractivity contribution in [1.29, 1.82) is 0 Å². The summed E-state index contributed by atoms with van der Waals surface area (Å²) in [6.45, 7) is 3.06. The highest BCUT2D eigenvalue weighted by atomic mass is 16.5. The van der Waals surface area contributed by atoms with Gasteiger partial charge in [0.1, 0.15) is 0 Å². The van der Waals surface area contributed by atoms with Crippen LogP contribution < -0.4 is 0 Å². The summed E-state index contributed by atoms with van der Waals surface area (Å²) in [5.74, 6) is 0. The molecular formula is C10H18O3. The number of aliphatic hydroxyl groups excluding tert-OH is 1. The van der Waals surface area contributed by atoms with Crippen molar-refractivity contribution >= 4 is 0 Å². The van der Waals surface area contributed by atoms with Crippen LogP contribution in [-0.4, -0.2) is 36.1 Å². The molecule has 76 valence electrons. The molecule has 2 aliphatic heterocycles. The van der Waals surface area contributed by atoms with Gasteiger partial charge in [0.25, 0.3) is 0 Å². The Labute approximate surface area is 79.0 Å². The molecule has 0 saturated carbocycles. The molecule has 0 bridgehead atoms. The number of aliphatic hydroxyl groups is 1. The Bertz CT molecular complexity index is 183. The van der Waals surface area contributed by atoms with E-state index in [4.69, 9.17) is 14.6 Å². The van der Waals surface area contributed by atoms with Crippen molar-refractivity contribution in [3.63, 3.8) is 0 Å². The van der Waals surface area contributed by atoms with Gasteiger partial charge >= 0.3 is 0 Å². The summed E-state index contributed by atoms with van der Waals surface area (Å²) < 4.78 is 11.4. The van der Waals surface area contributed by atoms with Crippen LogP contribution in [0.4, 0.5) is 0 Å². The van der Waals surface area contributed by atoms with Crippen LogP contribution >= 0.6 is 0 Å². The summed E-state index contributed by atoms with van der Waals surface area (Å²) in [5, 5.41) is 8.99. The van der Waals surface area contributed by atoms with Gasteiger partial charge in [-0.2, -0.15) is 0 Å². The Morgan fingerprint density at radius 2 is 2.31 bits per heavy atom. The molecule has 0 aliphatic carbocycles. The zero-order chi connectivity index (χ0) is 9.31. The molecule has 2 fully saturated rings. The molecule has 0 amide bonds. The Morgan fingerprint density at radius 1 is 1.46 bits per heavy atom. The first kappa shape index (κ1) is 9.44. The summed E-state index contributed by atoms with van der Waals surface area (Å²) in [7, 11) is 0. The van der Waals surface area contributed by atoms with Gasteiger partial charge in [-0.25, -0.2) is 0 Å². The van der Waals surface area contributed by atoms with E-state index in [1.165, 1.54) is 0 Å². The van der Waals surface area contributed by atoms with Crippen molar-refractivity contribution in [2.75, 3.05) is 13.2 Å². The maximum absolute atomic E-state index is 8.99. The van der Waals surface area contributed by atoms with Crippen LogP contribution in [0.25, 0.3) is 0 Å². The van der Waals surface area contributed by atoms with E-state index in [2.05, 4.69) is 6.92 Å². The molecule has 0 radical (unpaired) electrons. The second kappa shape index (κ2) is 3.56. The predicted octanol–water partition coefficient (Wildman–Crippen LogP) is 1.10. The normalized spacial score (nSPS) is 45.7. The zero-order valence-corrected chi connectivity index (χ0v) is 8.16. The minimum Gasteiger partial charge on any atom is -0.394 e. The molecule has 13 heavy (non-hydrogen) atoms. The molecule has 1 spiro atoms. The summed E-state index contributed by atoms with van der Waals surface area (Å²) in [5.41, 5.74) is 0.0328. The van der Waals surface area contributed by atoms with Crippen LogP contribution in [0.2, 0.25) is 0 Å². The Hall–Kier alpha value is -0.120. The van der Waals surface area contributed by atoms with Gasteiger partial charge in [-0.1, -0.05) is 0 Å². The Balaban J connectivity index is 1.97. The first-order chi connectivity index (χ1) is 6.24. The van der Waals surface area contributed by atoms with Crippen LogP contribution in [0.1, 0.15) is 32.6 Å². The van der Waals surface area contributed by atoms with Gasteiger partial charge in [-0.15, -0.1) is 0 Å². The maximum Gasteiger partial charge on any atom is 0.0814 e. The number of hydrogen-bond donors (Lipinski definition) is 1. The third-order valence-electron chi connectivity index (χ3n) is 3.16. The van der Waals surface area contributed by atoms with E-state index >= 15 is 0 Å². The van der Waals surface area contributed by atoms with E-state index in [-0.39, 0.29) is 18.3 Å². The summed E-state index contributed by atoms with van der Waals surface area (Å²) >= 11 is 0. The van der Waals surface area contributed by atoms with Crippen LogP contribution in [-0.2, 0) is 9.47 Å². The van der Waals surface area contributed by atoms with Crippen LogP contribution in [0.5, 0.6) is 0 Å². The lowest BCUT2D eigenvalue weighted by molar-refractivity contribution is -0.133. The molecule has 0 aromatic rings. The quantitative estimate of drug-likeness (QED) is 0.666. The highest BCUT2D eigenvalue weighted by Crippen LogP contribution is 2.39. The van der Waals surface area contributed by atoms with Crippen molar-refractivity contribution in [3.8, 4) is 0 Å². The topological polar surface area (TPSA) is 38.7 Å². The van der Waals surface area contributed by atoms with E-state index in [0.717, 1.165) is 32.3 Å². The summed E-state index contributed by atoms with van der Waals surface area (Å²) in [4.78, 5) is 0. The maximum atomic E-state index is 8.99. The standard InChI is InChI=1S/C10H18O3/c1-8-6-10(4-5-12-8)3-2-9(7-11)13-10/h8-9,11H,2-7H2,1H3/t8-,9-,10-/m1/s1. The first-order valence-corrected chi connectivity index (χ1v) is 5.14. The van der Waals surface area contributed by atoms with Gasteiger partial charge in [0.15, 0.2) is 0 Å². The second-order valence-electron chi connectivity index (χ2n) is 4.28. The fraction of sp³-hybridized carbons (Fsp3) is 1.00. The molecule has 0 aromatic heterocycles. The van der Waals surface area contributed by atoms with E-state index in [1.807, 2.05) is 0 Å². The third-order valence-corrected chi connectivity index (χ3v) is 3.16. The minimum atomic E-state index is 0.0328. The van der Waals surface area contributed by atoms with Crippen molar-refractivity contribution in [3.05, 3.63) is 0 Å². The van der Waals surface area contributed by atoms with E-state index in [9.17, 15) is 0 Å². The van der Waals surface area contributed by atoms with Gasteiger partial charge in [0.05, 0.1) is 24.4 Å². The zero-order valence-electron chi connectivity index (χ0n) is 8.16. The minimum absolute atomic E-state index is 0.0328. The monoisotopic (exact) mass is 186 g/mol. The Kier molecular flexibility index (Phi) is 2.58. The van der Waals surface area contributed by atoms with E-state index < -0.39 is 0 Å². The van der Waals surface area contributed by atoms with Gasteiger partial charge in [0, 0.05) is 13.0 Å². The van der Waals surface area contributed by atoms with Crippen LogP contribution in [0.3, 0.4) is 0 Å². The highest BCUT2D eigenvalue weighted by Gasteiger charge is 2.42. The Morgan fingerprint density at radius 3 is 2.92 bits per heavy atom. The average Bonchev–Trinajstić information content (AvgIpc) is 2.48. The van der Waals surface area contributed by atoms with Gasteiger partial charge in [-0.05, 0) is 26.2 Å². The van der Waals surface area contributed by atoms with Crippen LogP contribution in [0, 0.1) is 0 Å². The van der Waals surface area contributed by atoms with Crippen molar-refractivity contribution in [1.82, 2.24) is 0 Å². The lowest BCUT2D eigenvalue weighted by Crippen LogP contribution is -2.40. The highest BCUT2D eigenvalue weighted by molar-refractivity contribution is 4.92. The molecule has 0 unspecified atom stereocenters. The molecule has 2 rings (SSSR count). The molecule has 2 saturated heterocycles. The smallest absolute Gasteiger partial charge is 0.0814 e. The molecule has 0 aromatic carbocycles. The number of ether oxygens (including phenoxy) is 2. The molecule has 2 aliphatic rings. The molecule has 3 atom stereocenters. The molecular weight excluding hydrogens is 168 g/mol. The van der Waals surface area contributed by atoms with E-state index in [0.29, 0.717) is 6.10 Å². The second-order valence-corrected chi connectivity index (χ2v) is 4.28. The number of rotatable bonds is 1. The number of hydrogen-bond acceptors (Lipinski definition) is 3. The lowest BCUT2D eigenvalue weighted by atomic mass is 9.88. The third kappa shape index (κ3) is 1.87. The first-order valence-electron chi connectivity index (χ1n) is 5.14. The lowest BCUT2D eigenvalue weighted by Gasteiger charge is -2.36. The van der Waals surface area contributed by atoms with Crippen molar-refractivity contribution < 1.29 is 14.6 Å². The molecule has 3 nitrogen and oxygen atoms in total. The molecule has 3 heteroatoms. The van der Waals surface area contributed by atoms with Gasteiger partial charge < -0.3 is 14.6 Å². The SMILES string of the molecule is C[C@@H]1C[C@]2(CCO1)CC[C@H](CO)O2. The van der Waals surface area contributed by atoms with Gasteiger partial charge in [-0.3, -0.25) is 0 Å². The van der Waals surface area contributed by atoms with Gasteiger partial charge in [0.2, 0.25) is 0 Å². The van der Waals surface area contributed by atoms with Crippen LogP contribution in [0.15, 0.2) is 0 Å². The fourth-order valence-electron chi connectivity index (χ4n) is 2.49. The fourth-order valence-corrected chi connectivity index (χ4v) is 2.49. The largest absolute Gasteiger partial charge is 0.394 e. The molecule has 2 heterocycles. The van der Waals surface area contributed by atoms with Crippen molar-refractivity contribution in [2.45, 2.75) is 50.4 Å². The van der Waals surface area contributed by atoms with Crippen molar-refractivity contribution in [2.24, 2.45) is 0 Å². The molecule has 1 N–H and O–H groups in total. The summed E-state index contributed by atoms with van der Waals surface area (Å²) in [6, 6.07) is 0. The summed E-state index contributed by atoms with van der Waals surface area (Å²) in [6.07, 6.45) is 4.46. The predicted molar refractivity (Wildman–Crippen MR) is 48.6 cm³/mol.